The Kier molecular flexibility index (Phi) is 3.64. The molecule has 0 saturated carbocycles. The summed E-state index contributed by atoms with van der Waals surface area (Å²) in [6.45, 7) is 5.76. The summed E-state index contributed by atoms with van der Waals surface area (Å²) in [5, 5.41) is 9.86. The number of hydrogen-bond donors (Lipinski definition) is 1. The van der Waals surface area contributed by atoms with E-state index in [2.05, 4.69) is 0 Å². The zero-order valence-corrected chi connectivity index (χ0v) is 11.0. The Morgan fingerprint density at radius 3 is 2.38 bits per heavy atom. The summed E-state index contributed by atoms with van der Waals surface area (Å²) in [5.41, 5.74) is -1.53. The molecule has 0 aromatic heterocycles. The molecule has 6 heteroatoms. The predicted octanol–water partition coefficient (Wildman–Crippen LogP) is 0.347. The van der Waals surface area contributed by atoms with Crippen molar-refractivity contribution in [1.29, 1.82) is 0 Å². The first-order chi connectivity index (χ1) is 7.11. The lowest BCUT2D eigenvalue weighted by Crippen LogP contribution is -2.66. The van der Waals surface area contributed by atoms with Gasteiger partial charge in [0.1, 0.15) is 11.2 Å². The number of amides is 1. The van der Waals surface area contributed by atoms with Gasteiger partial charge in [0.2, 0.25) is 0 Å². The van der Waals surface area contributed by atoms with Crippen LogP contribution in [-0.2, 0) is 15.5 Å². The second-order valence-electron chi connectivity index (χ2n) is 5.28. The molecule has 1 unspecified atom stereocenters. The number of nitrogens with zero attached hydrogens (tertiary/aromatic N) is 1. The van der Waals surface area contributed by atoms with E-state index in [-0.39, 0.29) is 18.8 Å². The van der Waals surface area contributed by atoms with Crippen LogP contribution in [0.5, 0.6) is 0 Å². The first kappa shape index (κ1) is 13.4. The van der Waals surface area contributed by atoms with Crippen LogP contribution < -0.4 is 0 Å². The fourth-order valence-corrected chi connectivity index (χ4v) is 2.53. The maximum absolute atomic E-state index is 11.5. The van der Waals surface area contributed by atoms with E-state index in [1.165, 1.54) is 11.2 Å². The molecule has 1 atom stereocenters. The lowest BCUT2D eigenvalue weighted by atomic mass is 9.97. The first-order valence-electron chi connectivity index (χ1n) is 5.12. The normalized spacial score (nSPS) is 21.2. The molecule has 1 N–H and O–H groups in total. The van der Waals surface area contributed by atoms with E-state index >= 15 is 0 Å². The van der Waals surface area contributed by atoms with Crippen molar-refractivity contribution >= 4 is 16.9 Å². The fraction of sp³-hybridized carbons (Fsp3) is 0.900. The highest BCUT2D eigenvalue weighted by Crippen LogP contribution is 2.23. The molecular weight excluding hydrogens is 230 g/mol. The third-order valence-corrected chi connectivity index (χ3v) is 3.04. The third-order valence-electron chi connectivity index (χ3n) is 2.09. The number of hydrogen-bond acceptors (Lipinski definition) is 4. The van der Waals surface area contributed by atoms with E-state index in [0.29, 0.717) is 0 Å². The van der Waals surface area contributed by atoms with Gasteiger partial charge >= 0.3 is 6.09 Å². The number of likely N-dealkylation sites (tertiary alicyclic amines) is 1. The van der Waals surface area contributed by atoms with Crippen LogP contribution in [-0.4, -0.2) is 56.6 Å². The van der Waals surface area contributed by atoms with Crippen LogP contribution in [0.1, 0.15) is 20.8 Å². The minimum atomic E-state index is -1.06. The van der Waals surface area contributed by atoms with Crippen LogP contribution in [0, 0.1) is 0 Å². The number of aliphatic hydroxyl groups is 1. The second kappa shape index (κ2) is 4.33. The quantitative estimate of drug-likeness (QED) is 0.766. The van der Waals surface area contributed by atoms with Gasteiger partial charge < -0.3 is 14.7 Å². The summed E-state index contributed by atoms with van der Waals surface area (Å²) in [7, 11) is -1.06. The van der Waals surface area contributed by atoms with Crippen molar-refractivity contribution in [1.82, 2.24) is 4.90 Å². The van der Waals surface area contributed by atoms with E-state index in [0.717, 1.165) is 0 Å². The average molecular weight is 249 g/mol. The molecule has 0 radical (unpaired) electrons. The number of carbonyl (C=O) groups excluding carboxylic acids is 1. The number of β-amino-alcohol motifs (C(OH)–C–C–N with tert-alkyl or cyclic N) is 1. The topological polar surface area (TPSA) is 66.8 Å². The van der Waals surface area contributed by atoms with Crippen LogP contribution >= 0.6 is 0 Å². The van der Waals surface area contributed by atoms with Crippen molar-refractivity contribution in [3.8, 4) is 0 Å². The molecule has 1 saturated heterocycles. The highest BCUT2D eigenvalue weighted by molar-refractivity contribution is 7.84. The fourth-order valence-electron chi connectivity index (χ4n) is 1.59. The summed E-state index contributed by atoms with van der Waals surface area (Å²) < 4.78 is 16.1. The van der Waals surface area contributed by atoms with Crippen molar-refractivity contribution in [3.63, 3.8) is 0 Å². The van der Waals surface area contributed by atoms with Gasteiger partial charge in [-0.25, -0.2) is 4.79 Å². The van der Waals surface area contributed by atoms with E-state index < -0.39 is 28.1 Å². The van der Waals surface area contributed by atoms with Gasteiger partial charge in [-0.05, 0) is 20.8 Å². The van der Waals surface area contributed by atoms with Crippen LogP contribution in [0.25, 0.3) is 0 Å². The van der Waals surface area contributed by atoms with Gasteiger partial charge in [-0.3, -0.25) is 4.21 Å². The van der Waals surface area contributed by atoms with Gasteiger partial charge in [0.05, 0.1) is 18.8 Å². The third kappa shape index (κ3) is 3.75. The van der Waals surface area contributed by atoms with Gasteiger partial charge in [-0.15, -0.1) is 0 Å². The SMILES string of the molecule is CS(=O)CC1(O)CN(C(=O)OC(C)(C)C)C1. The molecule has 0 aliphatic carbocycles. The summed E-state index contributed by atoms with van der Waals surface area (Å²) in [5.74, 6) is 0.201. The van der Waals surface area contributed by atoms with Gasteiger partial charge in [0.15, 0.2) is 0 Å². The largest absolute Gasteiger partial charge is 0.444 e. The van der Waals surface area contributed by atoms with Crippen LogP contribution in [0.4, 0.5) is 4.79 Å². The Morgan fingerprint density at radius 2 is 2.00 bits per heavy atom. The van der Waals surface area contributed by atoms with Crippen LogP contribution in [0.2, 0.25) is 0 Å². The van der Waals surface area contributed by atoms with Crippen molar-refractivity contribution in [2.24, 2.45) is 0 Å². The van der Waals surface area contributed by atoms with Crippen molar-refractivity contribution in [2.45, 2.75) is 32.0 Å². The zero-order chi connectivity index (χ0) is 12.6. The molecule has 0 spiro atoms. The number of rotatable bonds is 2. The Labute approximate surface area is 98.2 Å². The van der Waals surface area contributed by atoms with Gasteiger partial charge in [-0.2, -0.15) is 0 Å². The summed E-state index contributed by atoms with van der Waals surface area (Å²) in [4.78, 5) is 12.9. The molecule has 16 heavy (non-hydrogen) atoms. The number of ether oxygens (including phenoxy) is 1. The van der Waals surface area contributed by atoms with E-state index in [9.17, 15) is 14.1 Å². The molecular formula is C10H19NO4S. The first-order valence-corrected chi connectivity index (χ1v) is 6.84. The molecule has 5 nitrogen and oxygen atoms in total. The Morgan fingerprint density at radius 1 is 1.50 bits per heavy atom. The summed E-state index contributed by atoms with van der Waals surface area (Å²) >= 11 is 0. The average Bonchev–Trinajstić information content (AvgIpc) is 1.94. The molecule has 1 rings (SSSR count). The monoisotopic (exact) mass is 249 g/mol. The van der Waals surface area contributed by atoms with Crippen molar-refractivity contribution < 1.29 is 18.8 Å². The predicted molar refractivity (Wildman–Crippen MR) is 61.7 cm³/mol. The van der Waals surface area contributed by atoms with Crippen molar-refractivity contribution in [3.05, 3.63) is 0 Å². The Balaban J connectivity index is 2.41. The minimum Gasteiger partial charge on any atom is -0.444 e. The molecule has 0 aromatic rings. The van der Waals surface area contributed by atoms with E-state index in [1.54, 1.807) is 20.8 Å². The number of carbonyl (C=O) groups is 1. The van der Waals surface area contributed by atoms with Crippen LogP contribution in [0.15, 0.2) is 0 Å². The zero-order valence-electron chi connectivity index (χ0n) is 10.1. The molecule has 94 valence electrons. The summed E-state index contributed by atoms with van der Waals surface area (Å²) in [6, 6.07) is 0. The maximum Gasteiger partial charge on any atom is 0.410 e. The van der Waals surface area contributed by atoms with E-state index in [1.807, 2.05) is 0 Å². The van der Waals surface area contributed by atoms with Gasteiger partial charge in [0.25, 0.3) is 0 Å². The lowest BCUT2D eigenvalue weighted by molar-refractivity contribution is -0.0838. The molecule has 1 heterocycles. The molecule has 1 fully saturated rings. The maximum atomic E-state index is 11.5. The standard InChI is InChI=1S/C10H19NO4S/c1-9(2,3)15-8(12)11-5-10(13,6-11)7-16(4)14/h13H,5-7H2,1-4H3. The highest BCUT2D eigenvalue weighted by Gasteiger charge is 2.45. The van der Waals surface area contributed by atoms with E-state index in [4.69, 9.17) is 4.74 Å². The lowest BCUT2D eigenvalue weighted by Gasteiger charge is -2.45. The van der Waals surface area contributed by atoms with Crippen LogP contribution in [0.3, 0.4) is 0 Å². The molecule has 0 aromatic carbocycles. The van der Waals surface area contributed by atoms with Crippen molar-refractivity contribution in [2.75, 3.05) is 25.1 Å². The minimum absolute atomic E-state index is 0.196. The molecule has 1 aliphatic rings. The smallest absolute Gasteiger partial charge is 0.410 e. The Bertz CT molecular complexity index is 304. The second-order valence-corrected chi connectivity index (χ2v) is 6.71. The van der Waals surface area contributed by atoms with Gasteiger partial charge in [-0.1, -0.05) is 0 Å². The van der Waals surface area contributed by atoms with Gasteiger partial charge in [0, 0.05) is 17.1 Å². The molecule has 1 aliphatic heterocycles. The molecule has 0 bridgehead atoms. The highest BCUT2D eigenvalue weighted by atomic mass is 32.2. The summed E-state index contributed by atoms with van der Waals surface area (Å²) in [6.07, 6.45) is 1.10. The molecule has 1 amide bonds. The Hall–Kier alpha value is -0.620.